The van der Waals surface area contributed by atoms with E-state index in [9.17, 15) is 4.79 Å². The Morgan fingerprint density at radius 1 is 1.43 bits per heavy atom. The van der Waals surface area contributed by atoms with Crippen molar-refractivity contribution < 1.29 is 4.79 Å². The first-order chi connectivity index (χ1) is 6.68. The molecule has 74 valence electrons. The van der Waals surface area contributed by atoms with Gasteiger partial charge in [0.15, 0.2) is 0 Å². The fraction of sp³-hybridized carbons (Fsp3) is 0.364. The van der Waals surface area contributed by atoms with E-state index in [1.54, 1.807) is 0 Å². The van der Waals surface area contributed by atoms with Gasteiger partial charge in [-0.3, -0.25) is 4.79 Å². The van der Waals surface area contributed by atoms with E-state index in [1.165, 1.54) is 5.56 Å². The molecule has 1 heterocycles. The molecule has 1 amide bonds. The summed E-state index contributed by atoms with van der Waals surface area (Å²) in [5, 5.41) is 0. The maximum absolute atomic E-state index is 11.8. The smallest absolute Gasteiger partial charge is 0.253 e. The second-order valence-corrected chi connectivity index (χ2v) is 4.77. The predicted octanol–water partition coefficient (Wildman–Crippen LogP) is 2.45. The van der Waals surface area contributed by atoms with Crippen LogP contribution in [0.5, 0.6) is 0 Å². The molecule has 0 radical (unpaired) electrons. The zero-order chi connectivity index (χ0) is 10.1. The molecule has 1 saturated heterocycles. The van der Waals surface area contributed by atoms with Crippen LogP contribution in [0.4, 0.5) is 0 Å². The zero-order valence-electron chi connectivity index (χ0n) is 8.09. The maximum Gasteiger partial charge on any atom is 0.253 e. The van der Waals surface area contributed by atoms with Gasteiger partial charge in [-0.1, -0.05) is 6.07 Å². The van der Waals surface area contributed by atoms with Gasteiger partial charge in [0.05, 0.1) is 0 Å². The van der Waals surface area contributed by atoms with Crippen LogP contribution >= 0.6 is 22.6 Å². The molecule has 0 atom stereocenters. The van der Waals surface area contributed by atoms with E-state index < -0.39 is 0 Å². The normalized spacial score (nSPS) is 15.1. The molecule has 1 aromatic rings. The Morgan fingerprint density at radius 2 is 2.14 bits per heavy atom. The first-order valence-electron chi connectivity index (χ1n) is 4.74. The number of likely N-dealkylation sites (tertiary alicyclic amines) is 1. The molecule has 14 heavy (non-hydrogen) atoms. The number of carbonyl (C=O) groups is 1. The molecule has 2 nitrogen and oxygen atoms in total. The maximum atomic E-state index is 11.8. The van der Waals surface area contributed by atoms with Gasteiger partial charge in [0.1, 0.15) is 0 Å². The molecular weight excluding hydrogens is 289 g/mol. The first-order valence-corrected chi connectivity index (χ1v) is 5.82. The molecule has 1 aromatic carbocycles. The molecular formula is C11H12INO. The molecule has 1 aliphatic heterocycles. The highest BCUT2D eigenvalue weighted by Crippen LogP contribution is 2.17. The fourth-order valence-electron chi connectivity index (χ4n) is 1.43. The lowest BCUT2D eigenvalue weighted by atomic mass is 10.1. The minimum absolute atomic E-state index is 0.175. The fourth-order valence-corrected chi connectivity index (χ4v) is 1.94. The third-order valence-electron chi connectivity index (χ3n) is 2.56. The van der Waals surface area contributed by atoms with Gasteiger partial charge in [0.25, 0.3) is 5.91 Å². The topological polar surface area (TPSA) is 20.3 Å². The van der Waals surface area contributed by atoms with Gasteiger partial charge in [0, 0.05) is 22.2 Å². The van der Waals surface area contributed by atoms with Crippen LogP contribution in [0.1, 0.15) is 22.3 Å². The summed E-state index contributed by atoms with van der Waals surface area (Å²) in [5.41, 5.74) is 2.05. The van der Waals surface area contributed by atoms with Crippen molar-refractivity contribution in [2.75, 3.05) is 13.1 Å². The van der Waals surface area contributed by atoms with Crippen LogP contribution in [0.2, 0.25) is 0 Å². The van der Waals surface area contributed by atoms with Crippen LogP contribution in [-0.2, 0) is 0 Å². The average molecular weight is 301 g/mol. The van der Waals surface area contributed by atoms with E-state index >= 15 is 0 Å². The number of halogens is 1. The summed E-state index contributed by atoms with van der Waals surface area (Å²) in [7, 11) is 0. The van der Waals surface area contributed by atoms with Crippen LogP contribution in [0.25, 0.3) is 0 Å². The highest BCUT2D eigenvalue weighted by molar-refractivity contribution is 14.1. The van der Waals surface area contributed by atoms with Gasteiger partial charge in [-0.15, -0.1) is 0 Å². The Kier molecular flexibility index (Phi) is 2.76. The lowest BCUT2D eigenvalue weighted by Gasteiger charge is -2.31. The standard InChI is InChI=1S/C11H12INO/c1-8-3-4-9(7-10(8)12)11(14)13-5-2-6-13/h3-4,7H,2,5-6H2,1H3. The van der Waals surface area contributed by atoms with Crippen LogP contribution in [0.15, 0.2) is 18.2 Å². The van der Waals surface area contributed by atoms with Crippen molar-refractivity contribution >= 4 is 28.5 Å². The monoisotopic (exact) mass is 301 g/mol. The zero-order valence-corrected chi connectivity index (χ0v) is 10.2. The summed E-state index contributed by atoms with van der Waals surface area (Å²) in [6.45, 7) is 3.90. The SMILES string of the molecule is Cc1ccc(C(=O)N2CCC2)cc1I. The van der Waals surface area contributed by atoms with Gasteiger partial charge >= 0.3 is 0 Å². The van der Waals surface area contributed by atoms with Gasteiger partial charge < -0.3 is 4.90 Å². The van der Waals surface area contributed by atoms with Crippen molar-refractivity contribution in [1.29, 1.82) is 0 Å². The summed E-state index contributed by atoms with van der Waals surface area (Å²) in [5.74, 6) is 0.175. The Balaban J connectivity index is 2.23. The van der Waals surface area contributed by atoms with Gasteiger partial charge in [0.2, 0.25) is 0 Å². The van der Waals surface area contributed by atoms with Gasteiger partial charge in [-0.2, -0.15) is 0 Å². The summed E-state index contributed by atoms with van der Waals surface area (Å²) >= 11 is 2.27. The van der Waals surface area contributed by atoms with Crippen molar-refractivity contribution in [3.63, 3.8) is 0 Å². The average Bonchev–Trinajstić information content (AvgIpc) is 2.06. The third-order valence-corrected chi connectivity index (χ3v) is 3.72. The first kappa shape index (κ1) is 9.96. The summed E-state index contributed by atoms with van der Waals surface area (Å²) in [4.78, 5) is 13.7. The van der Waals surface area contributed by atoms with Crippen molar-refractivity contribution in [2.45, 2.75) is 13.3 Å². The van der Waals surface area contributed by atoms with Crippen molar-refractivity contribution in [2.24, 2.45) is 0 Å². The molecule has 0 spiro atoms. The summed E-state index contributed by atoms with van der Waals surface area (Å²) < 4.78 is 1.16. The minimum atomic E-state index is 0.175. The molecule has 2 rings (SSSR count). The molecule has 0 saturated carbocycles. The van der Waals surface area contributed by atoms with E-state index in [-0.39, 0.29) is 5.91 Å². The molecule has 0 unspecified atom stereocenters. The second-order valence-electron chi connectivity index (χ2n) is 3.61. The quantitative estimate of drug-likeness (QED) is 0.730. The Bertz CT molecular complexity index is 372. The third kappa shape index (κ3) is 1.78. The highest BCUT2D eigenvalue weighted by Gasteiger charge is 2.21. The van der Waals surface area contributed by atoms with Crippen LogP contribution in [0.3, 0.4) is 0 Å². The number of aryl methyl sites for hydroxylation is 1. The lowest BCUT2D eigenvalue weighted by Crippen LogP contribution is -2.42. The summed E-state index contributed by atoms with van der Waals surface area (Å²) in [6.07, 6.45) is 1.15. The molecule has 0 aliphatic carbocycles. The molecule has 3 heteroatoms. The van der Waals surface area contributed by atoms with Crippen LogP contribution in [-0.4, -0.2) is 23.9 Å². The molecule has 0 aromatic heterocycles. The van der Waals surface area contributed by atoms with Crippen molar-refractivity contribution in [1.82, 2.24) is 4.90 Å². The Hall–Kier alpha value is -0.580. The Labute approximate surface area is 97.4 Å². The van der Waals surface area contributed by atoms with Gasteiger partial charge in [-0.25, -0.2) is 0 Å². The molecule has 0 bridgehead atoms. The number of hydrogen-bond donors (Lipinski definition) is 0. The predicted molar refractivity (Wildman–Crippen MR) is 64.4 cm³/mol. The van der Waals surface area contributed by atoms with Gasteiger partial charge in [-0.05, 0) is 53.6 Å². The number of carbonyl (C=O) groups excluding carboxylic acids is 1. The molecule has 0 N–H and O–H groups in total. The lowest BCUT2D eigenvalue weighted by molar-refractivity contribution is 0.0652. The van der Waals surface area contributed by atoms with E-state index in [0.29, 0.717) is 0 Å². The Morgan fingerprint density at radius 3 is 2.64 bits per heavy atom. The van der Waals surface area contributed by atoms with Crippen LogP contribution in [0, 0.1) is 10.5 Å². The van der Waals surface area contributed by atoms with Crippen molar-refractivity contribution in [3.8, 4) is 0 Å². The number of amides is 1. The van der Waals surface area contributed by atoms with E-state index in [0.717, 1.165) is 28.6 Å². The van der Waals surface area contributed by atoms with E-state index in [1.807, 2.05) is 23.1 Å². The number of benzene rings is 1. The minimum Gasteiger partial charge on any atom is -0.339 e. The molecule has 1 aliphatic rings. The molecule has 1 fully saturated rings. The largest absolute Gasteiger partial charge is 0.339 e. The number of nitrogens with zero attached hydrogens (tertiary/aromatic N) is 1. The van der Waals surface area contributed by atoms with E-state index in [4.69, 9.17) is 0 Å². The highest BCUT2D eigenvalue weighted by atomic mass is 127. The van der Waals surface area contributed by atoms with E-state index in [2.05, 4.69) is 29.5 Å². The van der Waals surface area contributed by atoms with Crippen molar-refractivity contribution in [3.05, 3.63) is 32.9 Å². The second kappa shape index (κ2) is 3.88. The number of hydrogen-bond acceptors (Lipinski definition) is 1. The number of rotatable bonds is 1. The summed E-state index contributed by atoms with van der Waals surface area (Å²) in [6, 6.07) is 5.89. The van der Waals surface area contributed by atoms with Crippen LogP contribution < -0.4 is 0 Å².